The van der Waals surface area contributed by atoms with Gasteiger partial charge in [0.2, 0.25) is 0 Å². The molecule has 0 saturated carbocycles. The van der Waals surface area contributed by atoms with Crippen molar-refractivity contribution in [3.8, 4) is 6.07 Å². The molecule has 0 amide bonds. The van der Waals surface area contributed by atoms with Crippen LogP contribution >= 0.6 is 11.8 Å². The van der Waals surface area contributed by atoms with Gasteiger partial charge in [-0.1, -0.05) is 20.8 Å². The first kappa shape index (κ1) is 15.3. The van der Waals surface area contributed by atoms with Crippen LogP contribution in [0.5, 0.6) is 0 Å². The summed E-state index contributed by atoms with van der Waals surface area (Å²) in [7, 11) is 0. The highest BCUT2D eigenvalue weighted by atomic mass is 32.2. The van der Waals surface area contributed by atoms with Crippen molar-refractivity contribution in [3.05, 3.63) is 28.1 Å². The number of thioether (sulfide) groups is 1. The van der Waals surface area contributed by atoms with E-state index in [1.807, 2.05) is 11.8 Å². The van der Waals surface area contributed by atoms with Gasteiger partial charge in [0.25, 0.3) is 0 Å². The minimum absolute atomic E-state index is 0.204. The predicted octanol–water partition coefficient (Wildman–Crippen LogP) is 2.97. The molecule has 2 N–H and O–H groups in total. The Kier molecular flexibility index (Phi) is 4.72. The van der Waals surface area contributed by atoms with E-state index >= 15 is 0 Å². The van der Waals surface area contributed by atoms with E-state index in [-0.39, 0.29) is 4.75 Å². The highest BCUT2D eigenvalue weighted by Crippen LogP contribution is 2.41. The van der Waals surface area contributed by atoms with Crippen molar-refractivity contribution in [2.24, 2.45) is 5.73 Å². The van der Waals surface area contributed by atoms with Gasteiger partial charge in [0.1, 0.15) is 6.07 Å². The Labute approximate surface area is 126 Å². The number of rotatable bonds is 4. The minimum Gasteiger partial charge on any atom is -0.330 e. The molecule has 0 saturated heterocycles. The van der Waals surface area contributed by atoms with E-state index in [2.05, 4.69) is 26.8 Å². The van der Waals surface area contributed by atoms with Gasteiger partial charge in [-0.15, -0.1) is 0 Å². The topological polar surface area (TPSA) is 62.7 Å². The van der Waals surface area contributed by atoms with Crippen molar-refractivity contribution in [1.29, 1.82) is 5.26 Å². The van der Waals surface area contributed by atoms with Crippen LogP contribution in [0.4, 0.5) is 0 Å². The lowest BCUT2D eigenvalue weighted by molar-refractivity contribution is 0.681. The molecular weight excluding hydrogens is 266 g/mol. The lowest BCUT2D eigenvalue weighted by Gasteiger charge is -2.32. The lowest BCUT2D eigenvalue weighted by Crippen LogP contribution is -2.26. The van der Waals surface area contributed by atoms with E-state index in [1.54, 1.807) is 0 Å². The minimum atomic E-state index is 0.204. The van der Waals surface area contributed by atoms with E-state index in [1.165, 1.54) is 16.8 Å². The summed E-state index contributed by atoms with van der Waals surface area (Å²) in [5.41, 5.74) is 11.1. The molecule has 4 heteroatoms. The third-order valence-electron chi connectivity index (χ3n) is 3.85. The fourth-order valence-electron chi connectivity index (χ4n) is 2.77. The molecule has 0 atom stereocenters. The van der Waals surface area contributed by atoms with Crippen LogP contribution in [0.25, 0.3) is 0 Å². The van der Waals surface area contributed by atoms with Crippen LogP contribution in [0, 0.1) is 11.3 Å². The largest absolute Gasteiger partial charge is 0.330 e. The zero-order chi connectivity index (χ0) is 14.8. The molecule has 0 aromatic carbocycles. The number of hydrogen-bond acceptors (Lipinski definition) is 4. The van der Waals surface area contributed by atoms with Crippen LogP contribution in [0.1, 0.15) is 55.3 Å². The van der Waals surface area contributed by atoms with Gasteiger partial charge in [-0.2, -0.15) is 17.0 Å². The maximum Gasteiger partial charge on any atom is 0.101 e. The summed E-state index contributed by atoms with van der Waals surface area (Å²) in [6.45, 7) is 7.30. The second-order valence-corrected chi connectivity index (χ2v) is 7.60. The van der Waals surface area contributed by atoms with Crippen molar-refractivity contribution < 1.29 is 0 Å². The molecule has 2 heterocycles. The Morgan fingerprint density at radius 1 is 1.35 bits per heavy atom. The second kappa shape index (κ2) is 6.15. The van der Waals surface area contributed by atoms with Gasteiger partial charge in [-0.3, -0.25) is 4.98 Å². The normalized spacial score (nSPS) is 16.6. The SMILES string of the molecule is CCc1nc(CCCN)c(C#N)c2c1CSC(C)(C)C2. The number of fused-ring (bicyclic) bond motifs is 1. The van der Waals surface area contributed by atoms with Crippen LogP contribution < -0.4 is 5.73 Å². The second-order valence-electron chi connectivity index (χ2n) is 5.92. The fourth-order valence-corrected chi connectivity index (χ4v) is 3.89. The standard InChI is InChI=1S/C16H23N3S/c1-4-14-13-10-20-16(2,3)8-11(13)12(9-18)15(19-14)6-5-7-17/h4-8,10,17H2,1-3H3. The molecule has 0 bridgehead atoms. The number of aromatic nitrogens is 1. The Balaban J connectivity index is 2.55. The van der Waals surface area contributed by atoms with Crippen LogP contribution in [0.2, 0.25) is 0 Å². The van der Waals surface area contributed by atoms with Gasteiger partial charge in [-0.25, -0.2) is 0 Å². The third-order valence-corrected chi connectivity index (χ3v) is 5.21. The smallest absolute Gasteiger partial charge is 0.101 e. The Morgan fingerprint density at radius 3 is 2.70 bits per heavy atom. The van der Waals surface area contributed by atoms with Crippen molar-refractivity contribution >= 4 is 11.8 Å². The highest BCUT2D eigenvalue weighted by molar-refractivity contribution is 7.99. The van der Waals surface area contributed by atoms with Crippen LogP contribution in [-0.2, 0) is 25.0 Å². The van der Waals surface area contributed by atoms with Crippen molar-refractivity contribution in [3.63, 3.8) is 0 Å². The monoisotopic (exact) mass is 289 g/mol. The van der Waals surface area contributed by atoms with E-state index in [0.29, 0.717) is 6.54 Å². The zero-order valence-corrected chi connectivity index (χ0v) is 13.4. The molecule has 0 fully saturated rings. The van der Waals surface area contributed by atoms with Crippen LogP contribution in [0.15, 0.2) is 0 Å². The Hall–Kier alpha value is -1.05. The molecular formula is C16H23N3S. The summed E-state index contributed by atoms with van der Waals surface area (Å²) in [5.74, 6) is 0.977. The maximum atomic E-state index is 9.58. The summed E-state index contributed by atoms with van der Waals surface area (Å²) in [6, 6.07) is 2.41. The first-order chi connectivity index (χ1) is 9.52. The van der Waals surface area contributed by atoms with Crippen molar-refractivity contribution in [2.75, 3.05) is 6.54 Å². The number of nitrogens with zero attached hydrogens (tertiary/aromatic N) is 2. The molecule has 2 rings (SSSR count). The van der Waals surface area contributed by atoms with Gasteiger partial charge < -0.3 is 5.73 Å². The maximum absolute atomic E-state index is 9.58. The molecule has 0 unspecified atom stereocenters. The molecule has 20 heavy (non-hydrogen) atoms. The van der Waals surface area contributed by atoms with Crippen LogP contribution in [-0.4, -0.2) is 16.3 Å². The summed E-state index contributed by atoms with van der Waals surface area (Å²) in [5, 5.41) is 9.58. The lowest BCUT2D eigenvalue weighted by atomic mass is 9.90. The van der Waals surface area contributed by atoms with E-state index in [9.17, 15) is 5.26 Å². The van der Waals surface area contributed by atoms with E-state index in [4.69, 9.17) is 10.7 Å². The van der Waals surface area contributed by atoms with E-state index < -0.39 is 0 Å². The molecule has 108 valence electrons. The van der Waals surface area contributed by atoms with Gasteiger partial charge in [-0.05, 0) is 43.4 Å². The summed E-state index contributed by atoms with van der Waals surface area (Å²) in [4.78, 5) is 4.77. The molecule has 1 aromatic heterocycles. The fraction of sp³-hybridized carbons (Fsp3) is 0.625. The average molecular weight is 289 g/mol. The molecule has 0 radical (unpaired) electrons. The first-order valence-corrected chi connectivity index (χ1v) is 8.28. The Bertz CT molecular complexity index is 544. The van der Waals surface area contributed by atoms with Gasteiger partial charge in [0, 0.05) is 16.2 Å². The van der Waals surface area contributed by atoms with E-state index in [0.717, 1.165) is 42.7 Å². The predicted molar refractivity (Wildman–Crippen MR) is 84.8 cm³/mol. The van der Waals surface area contributed by atoms with Gasteiger partial charge >= 0.3 is 0 Å². The van der Waals surface area contributed by atoms with Gasteiger partial charge in [0.15, 0.2) is 0 Å². The molecule has 0 aliphatic carbocycles. The quantitative estimate of drug-likeness (QED) is 0.925. The van der Waals surface area contributed by atoms with Crippen LogP contribution in [0.3, 0.4) is 0 Å². The number of nitrogens with two attached hydrogens (primary N) is 1. The molecule has 1 aliphatic heterocycles. The van der Waals surface area contributed by atoms with Crippen molar-refractivity contribution in [1.82, 2.24) is 4.98 Å². The molecule has 3 nitrogen and oxygen atoms in total. The highest BCUT2D eigenvalue weighted by Gasteiger charge is 2.30. The molecule has 0 spiro atoms. The zero-order valence-electron chi connectivity index (χ0n) is 12.6. The summed E-state index contributed by atoms with van der Waals surface area (Å²) in [6.07, 6.45) is 3.60. The van der Waals surface area contributed by atoms with Gasteiger partial charge in [0.05, 0.1) is 11.3 Å². The van der Waals surface area contributed by atoms with Crippen molar-refractivity contribution in [2.45, 2.75) is 57.0 Å². The number of pyridine rings is 1. The number of nitriles is 1. The molecule has 1 aromatic rings. The summed E-state index contributed by atoms with van der Waals surface area (Å²) < 4.78 is 0.204. The summed E-state index contributed by atoms with van der Waals surface area (Å²) >= 11 is 1.97. The number of hydrogen-bond donors (Lipinski definition) is 1. The average Bonchev–Trinajstić information content (AvgIpc) is 2.42. The Morgan fingerprint density at radius 2 is 2.10 bits per heavy atom. The first-order valence-electron chi connectivity index (χ1n) is 7.30. The third kappa shape index (κ3) is 2.99. The number of aryl methyl sites for hydroxylation is 2. The molecule has 1 aliphatic rings.